The minimum absolute atomic E-state index is 0.534. The van der Waals surface area contributed by atoms with Gasteiger partial charge in [0.25, 0.3) is 0 Å². The molecule has 0 N–H and O–H groups in total. The maximum atomic E-state index is 11.3. The summed E-state index contributed by atoms with van der Waals surface area (Å²) in [5, 5.41) is 0. The van der Waals surface area contributed by atoms with E-state index in [0.29, 0.717) is 11.5 Å². The smallest absolute Gasteiger partial charge is 0.333 e. The average Bonchev–Trinajstić information content (AvgIpc) is 2.71. The minimum atomic E-state index is -0.717. The van der Waals surface area contributed by atoms with Gasteiger partial charge in [0, 0.05) is 35.8 Å². The molecule has 0 saturated carbocycles. The Balaban J connectivity index is 2.02. The summed E-state index contributed by atoms with van der Waals surface area (Å²) in [4.78, 5) is 24.6. The monoisotopic (exact) mass is 442 g/mol. The molecular formula is C24H26O6S. The molecule has 2 atom stereocenters. The summed E-state index contributed by atoms with van der Waals surface area (Å²) in [7, 11) is 0. The third-order valence-electron chi connectivity index (χ3n) is 4.01. The zero-order chi connectivity index (χ0) is 23.0. The number of rotatable bonds is 10. The minimum Gasteiger partial charge on any atom is -0.455 e. The molecule has 2 aromatic rings. The first-order valence-corrected chi connectivity index (χ1v) is 10.4. The van der Waals surface area contributed by atoms with Gasteiger partial charge in [-0.15, -0.1) is 0 Å². The van der Waals surface area contributed by atoms with E-state index in [1.54, 1.807) is 25.6 Å². The van der Waals surface area contributed by atoms with Gasteiger partial charge < -0.3 is 18.9 Å². The maximum absolute atomic E-state index is 11.3. The lowest BCUT2D eigenvalue weighted by Crippen LogP contribution is -2.19. The normalized spacial score (nSPS) is 12.3. The molecule has 164 valence electrons. The molecule has 0 bridgehead atoms. The third kappa shape index (κ3) is 7.53. The highest BCUT2D eigenvalue weighted by Crippen LogP contribution is 2.34. The van der Waals surface area contributed by atoms with Crippen LogP contribution in [0.2, 0.25) is 0 Å². The summed E-state index contributed by atoms with van der Waals surface area (Å²) in [6.45, 7) is 13.9. The molecule has 0 aliphatic heterocycles. The number of esters is 2. The third-order valence-corrected chi connectivity index (χ3v) is 4.99. The predicted molar refractivity (Wildman–Crippen MR) is 119 cm³/mol. The number of carbonyl (C=O) groups is 2. The van der Waals surface area contributed by atoms with E-state index in [4.69, 9.17) is 18.9 Å². The largest absolute Gasteiger partial charge is 0.455 e. The lowest BCUT2D eigenvalue weighted by Gasteiger charge is -2.17. The van der Waals surface area contributed by atoms with Crippen molar-refractivity contribution in [2.24, 2.45) is 0 Å². The van der Waals surface area contributed by atoms with Crippen LogP contribution in [-0.2, 0) is 19.1 Å². The lowest BCUT2D eigenvalue weighted by molar-refractivity contribution is -0.156. The van der Waals surface area contributed by atoms with Crippen molar-refractivity contribution in [3.05, 3.63) is 72.8 Å². The number of benzene rings is 2. The Hall–Kier alpha value is -3.19. The van der Waals surface area contributed by atoms with Gasteiger partial charge in [-0.05, 0) is 61.4 Å². The van der Waals surface area contributed by atoms with Crippen molar-refractivity contribution in [1.29, 1.82) is 0 Å². The van der Waals surface area contributed by atoms with Crippen LogP contribution in [0.4, 0.5) is 0 Å². The Morgan fingerprint density at radius 2 is 1.19 bits per heavy atom. The van der Waals surface area contributed by atoms with Gasteiger partial charge in [0.1, 0.15) is 11.5 Å². The van der Waals surface area contributed by atoms with Crippen LogP contribution >= 0.6 is 11.8 Å². The van der Waals surface area contributed by atoms with Crippen LogP contribution < -0.4 is 9.47 Å². The van der Waals surface area contributed by atoms with Crippen molar-refractivity contribution in [3.8, 4) is 11.5 Å². The molecule has 6 nitrogen and oxygen atoms in total. The van der Waals surface area contributed by atoms with E-state index in [-0.39, 0.29) is 0 Å². The van der Waals surface area contributed by atoms with E-state index in [1.807, 2.05) is 50.2 Å². The number of hydrogen-bond acceptors (Lipinski definition) is 7. The molecule has 0 fully saturated rings. The topological polar surface area (TPSA) is 71.1 Å². The lowest BCUT2D eigenvalue weighted by atomic mass is 10.2. The molecule has 2 aromatic carbocycles. The van der Waals surface area contributed by atoms with Gasteiger partial charge in [0.05, 0.1) is 0 Å². The highest BCUT2D eigenvalue weighted by atomic mass is 32.2. The maximum Gasteiger partial charge on any atom is 0.333 e. The molecule has 0 radical (unpaired) electrons. The first-order valence-electron chi connectivity index (χ1n) is 9.60. The van der Waals surface area contributed by atoms with Crippen molar-refractivity contribution < 1.29 is 28.5 Å². The standard InChI is InChI=1S/C24H26O6S/c1-7-23(25)29-17(5)27-21-11-9-19(13-15(21)3)31-20-10-12-22(16(4)14-20)28-18(6)30-24(26)8-2/h7-14,17-18H,1-2H2,3-6H3. The summed E-state index contributed by atoms with van der Waals surface area (Å²) in [5.74, 6) is 0.204. The highest BCUT2D eigenvalue weighted by Gasteiger charge is 2.12. The molecule has 0 aromatic heterocycles. The first-order chi connectivity index (χ1) is 14.7. The van der Waals surface area contributed by atoms with E-state index < -0.39 is 24.5 Å². The van der Waals surface area contributed by atoms with Gasteiger partial charge >= 0.3 is 11.9 Å². The van der Waals surface area contributed by atoms with E-state index in [0.717, 1.165) is 33.1 Å². The van der Waals surface area contributed by atoms with Gasteiger partial charge in [0.15, 0.2) is 0 Å². The van der Waals surface area contributed by atoms with Crippen LogP contribution in [0.25, 0.3) is 0 Å². The fourth-order valence-corrected chi connectivity index (χ4v) is 3.62. The van der Waals surface area contributed by atoms with Crippen LogP contribution in [0, 0.1) is 13.8 Å². The predicted octanol–water partition coefficient (Wildman–Crippen LogP) is 5.36. The summed E-state index contributed by atoms with van der Waals surface area (Å²) < 4.78 is 21.4. The van der Waals surface area contributed by atoms with Crippen molar-refractivity contribution >= 4 is 23.7 Å². The van der Waals surface area contributed by atoms with Gasteiger partial charge in [-0.2, -0.15) is 0 Å². The number of aryl methyl sites for hydroxylation is 2. The van der Waals surface area contributed by atoms with Gasteiger partial charge in [-0.3, -0.25) is 0 Å². The quantitative estimate of drug-likeness (QED) is 0.279. The Morgan fingerprint density at radius 3 is 1.52 bits per heavy atom. The number of carbonyl (C=O) groups excluding carboxylic acids is 2. The second-order valence-corrected chi connectivity index (χ2v) is 7.76. The summed E-state index contributed by atoms with van der Waals surface area (Å²) in [6.07, 6.45) is 0.760. The Morgan fingerprint density at radius 1 is 0.806 bits per heavy atom. The SMILES string of the molecule is C=CC(=O)OC(C)Oc1ccc(Sc2ccc(OC(C)OC(=O)C=C)c(C)c2)cc1C. The average molecular weight is 443 g/mol. The van der Waals surface area contributed by atoms with E-state index >= 15 is 0 Å². The van der Waals surface area contributed by atoms with E-state index in [9.17, 15) is 9.59 Å². The fraction of sp³-hybridized carbons (Fsp3) is 0.250. The van der Waals surface area contributed by atoms with Crippen LogP contribution in [-0.4, -0.2) is 24.5 Å². The zero-order valence-corrected chi connectivity index (χ0v) is 18.9. The Bertz CT molecular complexity index is 891. The van der Waals surface area contributed by atoms with Crippen LogP contribution in [0.3, 0.4) is 0 Å². The molecule has 2 rings (SSSR count). The summed E-state index contributed by atoms with van der Waals surface area (Å²) >= 11 is 1.59. The van der Waals surface area contributed by atoms with Crippen LogP contribution in [0.5, 0.6) is 11.5 Å². The van der Waals surface area contributed by atoms with Crippen molar-refractivity contribution in [2.45, 2.75) is 50.1 Å². The molecule has 7 heteroatoms. The molecule has 0 aliphatic carbocycles. The molecule has 31 heavy (non-hydrogen) atoms. The van der Waals surface area contributed by atoms with Gasteiger partial charge in [-0.1, -0.05) is 24.9 Å². The van der Waals surface area contributed by atoms with Crippen molar-refractivity contribution in [3.63, 3.8) is 0 Å². The molecule has 0 aliphatic rings. The van der Waals surface area contributed by atoms with E-state index in [1.165, 1.54) is 0 Å². The van der Waals surface area contributed by atoms with E-state index in [2.05, 4.69) is 13.2 Å². The number of ether oxygens (including phenoxy) is 4. The van der Waals surface area contributed by atoms with Crippen LogP contribution in [0.1, 0.15) is 25.0 Å². The highest BCUT2D eigenvalue weighted by molar-refractivity contribution is 7.99. The summed E-state index contributed by atoms with van der Waals surface area (Å²) in [6, 6.07) is 11.6. The molecular weight excluding hydrogens is 416 g/mol. The van der Waals surface area contributed by atoms with Gasteiger partial charge in [-0.25, -0.2) is 9.59 Å². The van der Waals surface area contributed by atoms with Gasteiger partial charge in [0.2, 0.25) is 12.6 Å². The molecule has 2 unspecified atom stereocenters. The second-order valence-electron chi connectivity index (χ2n) is 6.61. The first kappa shape index (κ1) is 24.1. The number of hydrogen-bond donors (Lipinski definition) is 0. The molecule has 0 spiro atoms. The van der Waals surface area contributed by atoms with Crippen molar-refractivity contribution in [1.82, 2.24) is 0 Å². The molecule has 0 amide bonds. The fourth-order valence-electron chi connectivity index (χ4n) is 2.60. The zero-order valence-electron chi connectivity index (χ0n) is 18.0. The summed E-state index contributed by atoms with van der Waals surface area (Å²) in [5.41, 5.74) is 1.84. The Labute approximate surface area is 186 Å². The molecule has 0 saturated heterocycles. The van der Waals surface area contributed by atoms with Crippen molar-refractivity contribution in [2.75, 3.05) is 0 Å². The second kappa shape index (κ2) is 11.3. The van der Waals surface area contributed by atoms with Crippen LogP contribution in [0.15, 0.2) is 71.5 Å². The Kier molecular flexibility index (Phi) is 8.75. The molecule has 0 heterocycles.